The Labute approximate surface area is 189 Å². The monoisotopic (exact) mass is 456 g/mol. The van der Waals surface area contributed by atoms with E-state index in [1.807, 2.05) is 6.07 Å². The van der Waals surface area contributed by atoms with Crippen LogP contribution < -0.4 is 5.32 Å². The first kappa shape index (κ1) is 21.6. The Bertz CT molecular complexity index is 983. The summed E-state index contributed by atoms with van der Waals surface area (Å²) in [7, 11) is 0. The van der Waals surface area contributed by atoms with E-state index in [0.717, 1.165) is 22.9 Å². The summed E-state index contributed by atoms with van der Waals surface area (Å²) in [6, 6.07) is 13.8. The number of nitrogens with one attached hydrogen (secondary N) is 1. The normalized spacial score (nSPS) is 14.5. The van der Waals surface area contributed by atoms with Crippen molar-refractivity contribution in [3.8, 4) is 0 Å². The van der Waals surface area contributed by atoms with Crippen LogP contribution in [0.4, 0.5) is 5.13 Å². The van der Waals surface area contributed by atoms with Gasteiger partial charge in [0, 0.05) is 24.8 Å². The fraction of sp³-hybridized carbons (Fsp3) is 0.364. The summed E-state index contributed by atoms with van der Waals surface area (Å²) in [5.41, 5.74) is 1.34. The van der Waals surface area contributed by atoms with Gasteiger partial charge in [-0.2, -0.15) is 0 Å². The molecular formula is C22H24N4O3S2. The number of thioether (sulfide) groups is 1. The Hall–Kier alpha value is -2.65. The van der Waals surface area contributed by atoms with Gasteiger partial charge in [0.15, 0.2) is 10.1 Å². The fourth-order valence-corrected chi connectivity index (χ4v) is 5.27. The molecule has 3 heterocycles. The molecule has 1 aromatic carbocycles. The van der Waals surface area contributed by atoms with Crippen molar-refractivity contribution < 1.29 is 14.0 Å². The molecule has 1 fully saturated rings. The quantitative estimate of drug-likeness (QED) is 0.308. The summed E-state index contributed by atoms with van der Waals surface area (Å²) in [6.07, 6.45) is 4.84. The summed E-state index contributed by atoms with van der Waals surface area (Å²) in [5.74, 6) is 0.987. The highest BCUT2D eigenvalue weighted by Gasteiger charge is 2.29. The van der Waals surface area contributed by atoms with Crippen molar-refractivity contribution in [2.45, 2.75) is 30.0 Å². The lowest BCUT2D eigenvalue weighted by Crippen LogP contribution is -2.41. The number of rotatable bonds is 8. The number of anilines is 1. The number of hydrogen-bond acceptors (Lipinski definition) is 7. The molecule has 1 N–H and O–H groups in total. The molecule has 0 bridgehead atoms. The largest absolute Gasteiger partial charge is 0.459 e. The predicted molar refractivity (Wildman–Crippen MR) is 121 cm³/mol. The molecule has 4 rings (SSSR count). The number of carbonyl (C=O) groups is 2. The Kier molecular flexibility index (Phi) is 7.37. The minimum Gasteiger partial charge on any atom is -0.459 e. The van der Waals surface area contributed by atoms with E-state index < -0.39 is 0 Å². The van der Waals surface area contributed by atoms with E-state index in [0.29, 0.717) is 36.8 Å². The number of likely N-dealkylation sites (tertiary alicyclic amines) is 1. The summed E-state index contributed by atoms with van der Waals surface area (Å²) < 4.78 is 6.04. The van der Waals surface area contributed by atoms with E-state index in [1.54, 1.807) is 28.8 Å². The molecule has 0 atom stereocenters. The number of piperidine rings is 1. The lowest BCUT2D eigenvalue weighted by Gasteiger charge is -2.30. The van der Waals surface area contributed by atoms with E-state index >= 15 is 0 Å². The zero-order valence-corrected chi connectivity index (χ0v) is 18.7. The van der Waals surface area contributed by atoms with Crippen LogP contribution in [0.3, 0.4) is 0 Å². The number of carbonyl (C=O) groups excluding carboxylic acids is 2. The number of nitrogens with zero attached hydrogens (tertiary/aromatic N) is 3. The van der Waals surface area contributed by atoms with Crippen molar-refractivity contribution in [2.24, 2.45) is 5.92 Å². The Morgan fingerprint density at radius 1 is 1.13 bits per heavy atom. The van der Waals surface area contributed by atoms with Crippen LogP contribution in [0.25, 0.3) is 0 Å². The predicted octanol–water partition coefficient (Wildman–Crippen LogP) is 4.35. The molecule has 2 aromatic heterocycles. The van der Waals surface area contributed by atoms with Gasteiger partial charge >= 0.3 is 0 Å². The number of hydrogen-bond donors (Lipinski definition) is 1. The second-order valence-electron chi connectivity index (χ2n) is 7.34. The maximum atomic E-state index is 12.6. The van der Waals surface area contributed by atoms with Crippen LogP contribution in [0.1, 0.15) is 35.4 Å². The molecule has 2 amide bonds. The zero-order valence-electron chi connectivity index (χ0n) is 17.0. The van der Waals surface area contributed by atoms with Crippen LogP contribution in [0, 0.1) is 5.92 Å². The first-order valence-corrected chi connectivity index (χ1v) is 12.1. The Morgan fingerprint density at radius 3 is 2.68 bits per heavy atom. The van der Waals surface area contributed by atoms with Gasteiger partial charge in [0.25, 0.3) is 5.91 Å². The van der Waals surface area contributed by atoms with Gasteiger partial charge < -0.3 is 14.6 Å². The average Bonchev–Trinajstić information content (AvgIpc) is 3.50. The number of amides is 2. The van der Waals surface area contributed by atoms with Crippen molar-refractivity contribution in [2.75, 3.05) is 24.2 Å². The van der Waals surface area contributed by atoms with Crippen molar-refractivity contribution in [1.82, 2.24) is 15.1 Å². The van der Waals surface area contributed by atoms with Gasteiger partial charge in [-0.05, 0) is 43.4 Å². The summed E-state index contributed by atoms with van der Waals surface area (Å²) in [6.45, 7) is 1.08. The Morgan fingerprint density at radius 2 is 1.94 bits per heavy atom. The molecule has 31 heavy (non-hydrogen) atoms. The molecule has 9 heteroatoms. The van der Waals surface area contributed by atoms with Crippen LogP contribution in [0.5, 0.6) is 0 Å². The van der Waals surface area contributed by atoms with Gasteiger partial charge in [-0.25, -0.2) is 0 Å². The number of benzene rings is 1. The fourth-order valence-electron chi connectivity index (χ4n) is 3.51. The summed E-state index contributed by atoms with van der Waals surface area (Å²) >= 11 is 3.07. The molecule has 7 nitrogen and oxygen atoms in total. The molecule has 0 radical (unpaired) electrons. The number of furan rings is 1. The van der Waals surface area contributed by atoms with E-state index in [1.165, 1.54) is 23.2 Å². The second kappa shape index (κ2) is 10.6. The van der Waals surface area contributed by atoms with Gasteiger partial charge in [0.1, 0.15) is 0 Å². The average molecular weight is 457 g/mol. The van der Waals surface area contributed by atoms with Crippen LogP contribution in [0.2, 0.25) is 0 Å². The first-order chi connectivity index (χ1) is 15.2. The van der Waals surface area contributed by atoms with Crippen molar-refractivity contribution >= 4 is 40.0 Å². The third-order valence-electron chi connectivity index (χ3n) is 5.20. The van der Waals surface area contributed by atoms with Crippen LogP contribution in [-0.4, -0.2) is 45.8 Å². The SMILES string of the molecule is O=C(Nc1nnc(SCCCc2ccccc2)s1)C1CCN(C(=O)c2ccco2)CC1. The standard InChI is InChI=1S/C22H24N4O3S2/c27-19(17-10-12-26(13-11-17)20(28)18-9-4-14-29-18)23-21-24-25-22(31-21)30-15-5-8-16-6-2-1-3-7-16/h1-4,6-7,9,14,17H,5,8,10-13,15H2,(H,23,24,27). The van der Waals surface area contributed by atoms with E-state index in [-0.39, 0.29) is 17.7 Å². The molecule has 162 valence electrons. The van der Waals surface area contributed by atoms with Gasteiger partial charge in [-0.15, -0.1) is 10.2 Å². The lowest BCUT2D eigenvalue weighted by atomic mass is 9.96. The summed E-state index contributed by atoms with van der Waals surface area (Å²) in [4.78, 5) is 26.7. The molecule has 1 aliphatic rings. The Balaban J connectivity index is 1.18. The highest BCUT2D eigenvalue weighted by molar-refractivity contribution is 8.01. The van der Waals surface area contributed by atoms with Gasteiger partial charge in [-0.3, -0.25) is 9.59 Å². The molecule has 0 unspecified atom stereocenters. The molecule has 0 spiro atoms. The third-order valence-corrected chi connectivity index (χ3v) is 7.26. The van der Waals surface area contributed by atoms with Crippen molar-refractivity contribution in [3.05, 3.63) is 60.1 Å². The minimum absolute atomic E-state index is 0.0538. The second-order valence-corrected chi connectivity index (χ2v) is 9.66. The highest BCUT2D eigenvalue weighted by Crippen LogP contribution is 2.28. The molecule has 0 saturated carbocycles. The molecule has 1 aliphatic heterocycles. The molecular weight excluding hydrogens is 432 g/mol. The van der Waals surface area contributed by atoms with Crippen molar-refractivity contribution in [3.63, 3.8) is 0 Å². The highest BCUT2D eigenvalue weighted by atomic mass is 32.2. The third kappa shape index (κ3) is 5.95. The maximum absolute atomic E-state index is 12.6. The van der Waals surface area contributed by atoms with Gasteiger partial charge in [-0.1, -0.05) is 53.4 Å². The lowest BCUT2D eigenvalue weighted by molar-refractivity contribution is -0.121. The summed E-state index contributed by atoms with van der Waals surface area (Å²) in [5, 5.41) is 11.7. The van der Waals surface area contributed by atoms with Crippen LogP contribution in [0.15, 0.2) is 57.5 Å². The smallest absolute Gasteiger partial charge is 0.289 e. The van der Waals surface area contributed by atoms with Crippen LogP contribution >= 0.6 is 23.1 Å². The van der Waals surface area contributed by atoms with E-state index in [4.69, 9.17) is 4.42 Å². The van der Waals surface area contributed by atoms with E-state index in [2.05, 4.69) is 39.8 Å². The molecule has 3 aromatic rings. The van der Waals surface area contributed by atoms with Crippen molar-refractivity contribution in [1.29, 1.82) is 0 Å². The van der Waals surface area contributed by atoms with E-state index in [9.17, 15) is 9.59 Å². The molecule has 0 aliphatic carbocycles. The maximum Gasteiger partial charge on any atom is 0.289 e. The van der Waals surface area contributed by atoms with Gasteiger partial charge in [0.05, 0.1) is 6.26 Å². The first-order valence-electron chi connectivity index (χ1n) is 10.3. The van der Waals surface area contributed by atoms with Gasteiger partial charge in [0.2, 0.25) is 11.0 Å². The molecule has 1 saturated heterocycles. The van der Waals surface area contributed by atoms with Crippen LogP contribution in [-0.2, 0) is 11.2 Å². The number of aromatic nitrogens is 2. The topological polar surface area (TPSA) is 88.3 Å². The zero-order chi connectivity index (χ0) is 21.5. The number of aryl methyl sites for hydroxylation is 1. The minimum atomic E-state index is -0.133.